The number of aliphatic hydroxyl groups is 5. The average Bonchev–Trinajstić information content (AvgIpc) is 2.83. The molecule has 3 heterocycles. The Bertz CT molecular complexity index is 651. The van der Waals surface area contributed by atoms with Crippen LogP contribution in [0, 0.1) is 0 Å². The fraction of sp³-hybridized carbons (Fsp3) is 1.00. The van der Waals surface area contributed by atoms with Gasteiger partial charge in [0.25, 0.3) is 0 Å². The molecule has 0 saturated carbocycles. The molecule has 0 aromatic heterocycles. The topological polar surface area (TPSA) is 261 Å². The Balaban J connectivity index is 1.86. The Hall–Kier alpha value is -0.600. The second kappa shape index (κ2) is 11.6. The molecular formula is C19H38N4O11. The van der Waals surface area contributed by atoms with Gasteiger partial charge in [-0.15, -0.1) is 0 Å². The van der Waals surface area contributed by atoms with Crippen LogP contribution >= 0.6 is 0 Å². The van der Waals surface area contributed by atoms with Crippen molar-refractivity contribution in [2.75, 3.05) is 20.3 Å². The molecule has 3 saturated heterocycles. The summed E-state index contributed by atoms with van der Waals surface area (Å²) in [7, 11) is 1.34. The number of hydrogen-bond donors (Lipinski definition) is 9. The molecule has 0 amide bonds. The standard InChI is InChI=1S/C19H38N4O11/c1-5-8(21)12(26)14(28)19(30-5)34-16-10(23)17(29-2)32-7(4-24)15(16)33-18-9(22)13(27)11(25)6(3-20)31-18/h5-19,24-28H,3-4,20-23H2,1-2H3/t5-,6-,7-,8-,9-,10-,11-,12+,13-,14-,15-,16-,17-,18-,19+/m1/s1. The molecule has 0 aromatic carbocycles. The van der Waals surface area contributed by atoms with Crippen molar-refractivity contribution in [3.8, 4) is 0 Å². The van der Waals surface area contributed by atoms with Crippen LogP contribution in [0.4, 0.5) is 0 Å². The second-order valence-corrected chi connectivity index (χ2v) is 8.85. The van der Waals surface area contributed by atoms with E-state index in [-0.39, 0.29) is 6.54 Å². The van der Waals surface area contributed by atoms with E-state index in [1.165, 1.54) is 7.11 Å². The van der Waals surface area contributed by atoms with Crippen LogP contribution in [-0.4, -0.2) is 138 Å². The van der Waals surface area contributed by atoms with Gasteiger partial charge in [-0.25, -0.2) is 0 Å². The first-order valence-corrected chi connectivity index (χ1v) is 11.2. The third kappa shape index (κ3) is 5.39. The molecule has 0 aliphatic carbocycles. The van der Waals surface area contributed by atoms with Crippen LogP contribution < -0.4 is 22.9 Å². The summed E-state index contributed by atoms with van der Waals surface area (Å²) < 4.78 is 34.2. The fourth-order valence-corrected chi connectivity index (χ4v) is 4.36. The molecule has 3 aliphatic heterocycles. The van der Waals surface area contributed by atoms with Crippen molar-refractivity contribution in [1.82, 2.24) is 0 Å². The molecular weight excluding hydrogens is 460 g/mol. The quantitative estimate of drug-likeness (QED) is 0.158. The molecule has 15 atom stereocenters. The first kappa shape index (κ1) is 28.0. The smallest absolute Gasteiger partial charge is 0.186 e. The molecule has 34 heavy (non-hydrogen) atoms. The molecule has 13 N–H and O–H groups in total. The SMILES string of the molecule is CO[C@@H]1O[C@H](CO)[C@@H](O[C@H]2O[C@H](CN)[C@@H](O)[C@H](O)[C@H]2N)[C@H](O[C@@H]2O[C@H](C)[C@@H](N)[C@H](O)[C@H]2O)[C@H]1N. The zero-order chi connectivity index (χ0) is 25.3. The summed E-state index contributed by atoms with van der Waals surface area (Å²) in [5, 5.41) is 51.1. The van der Waals surface area contributed by atoms with E-state index >= 15 is 0 Å². The van der Waals surface area contributed by atoms with Gasteiger partial charge in [-0.3, -0.25) is 0 Å². The number of rotatable bonds is 7. The monoisotopic (exact) mass is 498 g/mol. The summed E-state index contributed by atoms with van der Waals surface area (Å²) >= 11 is 0. The maximum Gasteiger partial charge on any atom is 0.186 e. The number of methoxy groups -OCH3 is 1. The Morgan fingerprint density at radius 3 is 1.88 bits per heavy atom. The molecule has 3 rings (SSSR count). The van der Waals surface area contributed by atoms with Gasteiger partial charge in [0.2, 0.25) is 0 Å². The highest BCUT2D eigenvalue weighted by Gasteiger charge is 2.52. The van der Waals surface area contributed by atoms with Crippen LogP contribution in [0.2, 0.25) is 0 Å². The zero-order valence-electron chi connectivity index (χ0n) is 19.1. The predicted molar refractivity (Wildman–Crippen MR) is 113 cm³/mol. The lowest BCUT2D eigenvalue weighted by molar-refractivity contribution is -0.355. The largest absolute Gasteiger partial charge is 0.394 e. The Morgan fingerprint density at radius 2 is 1.29 bits per heavy atom. The first-order chi connectivity index (χ1) is 16.0. The summed E-state index contributed by atoms with van der Waals surface area (Å²) in [4.78, 5) is 0. The minimum absolute atomic E-state index is 0.126. The number of nitrogens with two attached hydrogens (primary N) is 4. The molecule has 3 aliphatic rings. The van der Waals surface area contributed by atoms with E-state index in [9.17, 15) is 25.5 Å². The lowest BCUT2D eigenvalue weighted by atomic mass is 9.94. The van der Waals surface area contributed by atoms with Crippen molar-refractivity contribution in [1.29, 1.82) is 0 Å². The van der Waals surface area contributed by atoms with E-state index < -0.39 is 98.5 Å². The van der Waals surface area contributed by atoms with Crippen LogP contribution in [0.15, 0.2) is 0 Å². The van der Waals surface area contributed by atoms with Crippen molar-refractivity contribution in [3.05, 3.63) is 0 Å². The van der Waals surface area contributed by atoms with Crippen molar-refractivity contribution >= 4 is 0 Å². The number of hydrogen-bond acceptors (Lipinski definition) is 15. The predicted octanol–water partition coefficient (Wildman–Crippen LogP) is -6.03. The summed E-state index contributed by atoms with van der Waals surface area (Å²) in [6, 6.07) is -3.06. The maximum absolute atomic E-state index is 10.5. The normalized spacial score (nSPS) is 52.5. The van der Waals surface area contributed by atoms with Crippen molar-refractivity contribution < 1.29 is 54.0 Å². The van der Waals surface area contributed by atoms with Gasteiger partial charge in [-0.1, -0.05) is 0 Å². The van der Waals surface area contributed by atoms with Gasteiger partial charge < -0.3 is 76.9 Å². The highest BCUT2D eigenvalue weighted by atomic mass is 16.8. The highest BCUT2D eigenvalue weighted by molar-refractivity contribution is 4.99. The molecule has 200 valence electrons. The van der Waals surface area contributed by atoms with Gasteiger partial charge >= 0.3 is 0 Å². The summed E-state index contributed by atoms with van der Waals surface area (Å²) in [6.07, 6.45) is -14.3. The Morgan fingerprint density at radius 1 is 0.706 bits per heavy atom. The van der Waals surface area contributed by atoms with Gasteiger partial charge in [0.05, 0.1) is 30.8 Å². The molecule has 0 unspecified atom stereocenters. The molecule has 0 bridgehead atoms. The molecule has 15 heteroatoms. The highest BCUT2D eigenvalue weighted by Crippen LogP contribution is 2.32. The summed E-state index contributed by atoms with van der Waals surface area (Å²) in [6.45, 7) is 0.929. The summed E-state index contributed by atoms with van der Waals surface area (Å²) in [5.41, 5.74) is 23.8. The number of aliphatic hydroxyl groups excluding tert-OH is 5. The van der Waals surface area contributed by atoms with Crippen molar-refractivity contribution in [3.63, 3.8) is 0 Å². The van der Waals surface area contributed by atoms with Gasteiger partial charge in [-0.05, 0) is 6.92 Å². The van der Waals surface area contributed by atoms with Crippen LogP contribution in [0.5, 0.6) is 0 Å². The van der Waals surface area contributed by atoms with Crippen LogP contribution in [-0.2, 0) is 28.4 Å². The van der Waals surface area contributed by atoms with E-state index in [0.29, 0.717) is 0 Å². The third-order valence-electron chi connectivity index (χ3n) is 6.58. The van der Waals surface area contributed by atoms with Gasteiger partial charge in [0, 0.05) is 13.7 Å². The van der Waals surface area contributed by atoms with Gasteiger partial charge in [0.1, 0.15) is 48.8 Å². The fourth-order valence-electron chi connectivity index (χ4n) is 4.36. The molecule has 0 aromatic rings. The van der Waals surface area contributed by atoms with Crippen LogP contribution in [0.1, 0.15) is 6.92 Å². The Kier molecular flexibility index (Phi) is 9.57. The van der Waals surface area contributed by atoms with E-state index in [0.717, 1.165) is 0 Å². The van der Waals surface area contributed by atoms with Crippen molar-refractivity contribution in [2.45, 2.75) is 98.9 Å². The third-order valence-corrected chi connectivity index (χ3v) is 6.58. The van der Waals surface area contributed by atoms with Crippen LogP contribution in [0.25, 0.3) is 0 Å². The molecule has 0 radical (unpaired) electrons. The first-order valence-electron chi connectivity index (χ1n) is 11.2. The lowest BCUT2D eigenvalue weighted by Crippen LogP contribution is -2.69. The number of ether oxygens (including phenoxy) is 6. The minimum atomic E-state index is -1.51. The summed E-state index contributed by atoms with van der Waals surface area (Å²) in [5.74, 6) is 0. The van der Waals surface area contributed by atoms with E-state index in [1.807, 2.05) is 0 Å². The van der Waals surface area contributed by atoms with Crippen molar-refractivity contribution in [2.24, 2.45) is 22.9 Å². The van der Waals surface area contributed by atoms with E-state index in [2.05, 4.69) is 0 Å². The Labute approximate surface area is 196 Å². The van der Waals surface area contributed by atoms with Crippen LogP contribution in [0.3, 0.4) is 0 Å². The van der Waals surface area contributed by atoms with Gasteiger partial charge in [-0.2, -0.15) is 0 Å². The van der Waals surface area contributed by atoms with Gasteiger partial charge in [0.15, 0.2) is 18.9 Å². The lowest BCUT2D eigenvalue weighted by Gasteiger charge is -2.49. The second-order valence-electron chi connectivity index (χ2n) is 8.85. The molecule has 0 spiro atoms. The zero-order valence-corrected chi connectivity index (χ0v) is 19.1. The molecule has 3 fully saturated rings. The average molecular weight is 499 g/mol. The molecule has 15 nitrogen and oxygen atoms in total. The van der Waals surface area contributed by atoms with E-state index in [1.54, 1.807) is 6.92 Å². The van der Waals surface area contributed by atoms with E-state index in [4.69, 9.17) is 51.4 Å². The maximum atomic E-state index is 10.5. The minimum Gasteiger partial charge on any atom is -0.394 e.